The average molecular weight is 341 g/mol. The number of carbonyl (C=O) groups excluding carboxylic acids is 1. The molecule has 6 heteroatoms. The van der Waals surface area contributed by atoms with Crippen molar-refractivity contribution >= 4 is 18.1 Å². The number of rotatable bonds is 7. The molecule has 0 aliphatic carbocycles. The van der Waals surface area contributed by atoms with Gasteiger partial charge < -0.3 is 19.9 Å². The van der Waals surface area contributed by atoms with Crippen LogP contribution in [0.2, 0.25) is 0 Å². The summed E-state index contributed by atoms with van der Waals surface area (Å²) in [6.07, 6.45) is 2.90. The van der Waals surface area contributed by atoms with Gasteiger partial charge in [-0.25, -0.2) is 9.59 Å². The Kier molecular flexibility index (Phi) is 6.59. The molecule has 2 rings (SSSR count). The normalized spacial score (nSPS) is 10.4. The van der Waals surface area contributed by atoms with Crippen LogP contribution in [-0.4, -0.2) is 30.8 Å². The van der Waals surface area contributed by atoms with Crippen LogP contribution in [0.5, 0.6) is 5.75 Å². The van der Waals surface area contributed by atoms with E-state index in [0.717, 1.165) is 5.56 Å². The van der Waals surface area contributed by atoms with Crippen molar-refractivity contribution in [3.8, 4) is 5.75 Å². The highest BCUT2D eigenvalue weighted by Gasteiger charge is 2.10. The lowest BCUT2D eigenvalue weighted by Crippen LogP contribution is -2.24. The van der Waals surface area contributed by atoms with Crippen LogP contribution in [0.4, 0.5) is 4.79 Å². The number of carboxylic acids is 1. The second kappa shape index (κ2) is 9.12. The maximum Gasteiger partial charge on any atom is 0.407 e. The SMILES string of the molecule is COc1ccc(C=CCNC(=O)OCc2ccccc2)cc1C(=O)O. The van der Waals surface area contributed by atoms with Crippen LogP contribution in [0.3, 0.4) is 0 Å². The van der Waals surface area contributed by atoms with Crippen LogP contribution in [0.25, 0.3) is 6.08 Å². The summed E-state index contributed by atoms with van der Waals surface area (Å²) in [6, 6.07) is 14.2. The molecule has 0 spiro atoms. The first kappa shape index (κ1) is 18.1. The largest absolute Gasteiger partial charge is 0.496 e. The first-order valence-corrected chi connectivity index (χ1v) is 7.62. The number of ether oxygens (including phenoxy) is 2. The summed E-state index contributed by atoms with van der Waals surface area (Å²) in [7, 11) is 1.42. The van der Waals surface area contributed by atoms with E-state index in [4.69, 9.17) is 14.6 Å². The maximum atomic E-state index is 11.6. The lowest BCUT2D eigenvalue weighted by atomic mass is 10.1. The molecule has 0 bridgehead atoms. The zero-order chi connectivity index (χ0) is 18.1. The predicted octanol–water partition coefficient (Wildman–Crippen LogP) is 3.33. The summed E-state index contributed by atoms with van der Waals surface area (Å²) in [5.41, 5.74) is 1.69. The molecule has 0 saturated heterocycles. The molecule has 0 fully saturated rings. The van der Waals surface area contributed by atoms with E-state index in [9.17, 15) is 9.59 Å². The Labute approximate surface area is 145 Å². The van der Waals surface area contributed by atoms with Gasteiger partial charge in [-0.15, -0.1) is 0 Å². The first-order chi connectivity index (χ1) is 12.1. The number of nitrogens with one attached hydrogen (secondary N) is 1. The highest BCUT2D eigenvalue weighted by atomic mass is 16.5. The van der Waals surface area contributed by atoms with Gasteiger partial charge in [-0.05, 0) is 23.3 Å². The molecular weight excluding hydrogens is 322 g/mol. The van der Waals surface area contributed by atoms with Crippen molar-refractivity contribution in [2.75, 3.05) is 13.7 Å². The molecule has 0 heterocycles. The molecule has 6 nitrogen and oxygen atoms in total. The Morgan fingerprint density at radius 3 is 2.60 bits per heavy atom. The van der Waals surface area contributed by atoms with Crippen molar-refractivity contribution in [2.24, 2.45) is 0 Å². The number of methoxy groups -OCH3 is 1. The van der Waals surface area contributed by atoms with Crippen molar-refractivity contribution in [1.29, 1.82) is 0 Å². The predicted molar refractivity (Wildman–Crippen MR) is 93.6 cm³/mol. The minimum Gasteiger partial charge on any atom is -0.496 e. The Morgan fingerprint density at radius 1 is 1.16 bits per heavy atom. The Bertz CT molecular complexity index is 756. The van der Waals surface area contributed by atoms with E-state index in [1.54, 1.807) is 24.3 Å². The fourth-order valence-corrected chi connectivity index (χ4v) is 2.11. The van der Waals surface area contributed by atoms with E-state index in [1.165, 1.54) is 13.2 Å². The monoisotopic (exact) mass is 341 g/mol. The number of aromatic carboxylic acids is 1. The number of carboxylic acid groups (broad SMARTS) is 1. The molecule has 1 amide bonds. The summed E-state index contributed by atoms with van der Waals surface area (Å²) in [5.74, 6) is -0.762. The summed E-state index contributed by atoms with van der Waals surface area (Å²) >= 11 is 0. The minimum atomic E-state index is -1.06. The second-order valence-corrected chi connectivity index (χ2v) is 5.11. The smallest absolute Gasteiger partial charge is 0.407 e. The average Bonchev–Trinajstić information content (AvgIpc) is 2.64. The van der Waals surface area contributed by atoms with E-state index >= 15 is 0 Å². The topological polar surface area (TPSA) is 84.9 Å². The van der Waals surface area contributed by atoms with Crippen molar-refractivity contribution in [1.82, 2.24) is 5.32 Å². The fourth-order valence-electron chi connectivity index (χ4n) is 2.11. The van der Waals surface area contributed by atoms with Gasteiger partial charge in [0.1, 0.15) is 17.9 Å². The van der Waals surface area contributed by atoms with Crippen LogP contribution in [0, 0.1) is 0 Å². The third-order valence-electron chi connectivity index (χ3n) is 3.34. The Morgan fingerprint density at radius 2 is 1.92 bits per heavy atom. The van der Waals surface area contributed by atoms with E-state index < -0.39 is 12.1 Å². The summed E-state index contributed by atoms with van der Waals surface area (Å²) < 4.78 is 10.1. The Hall–Kier alpha value is -3.28. The number of hydrogen-bond acceptors (Lipinski definition) is 4. The lowest BCUT2D eigenvalue weighted by molar-refractivity contribution is 0.0693. The number of alkyl carbamates (subject to hydrolysis) is 1. The standard InChI is InChI=1S/C19H19NO5/c1-24-17-10-9-14(12-16(17)18(21)22)8-5-11-20-19(23)25-13-15-6-3-2-4-7-15/h2-10,12H,11,13H2,1H3,(H,20,23)(H,21,22). The zero-order valence-electron chi connectivity index (χ0n) is 13.8. The quantitative estimate of drug-likeness (QED) is 0.807. The van der Waals surface area contributed by atoms with Gasteiger partial charge in [0.2, 0.25) is 0 Å². The van der Waals surface area contributed by atoms with Gasteiger partial charge in [0.15, 0.2) is 0 Å². The van der Waals surface area contributed by atoms with Gasteiger partial charge in [0.25, 0.3) is 0 Å². The third-order valence-corrected chi connectivity index (χ3v) is 3.34. The molecule has 130 valence electrons. The van der Waals surface area contributed by atoms with Crippen LogP contribution in [-0.2, 0) is 11.3 Å². The Balaban J connectivity index is 1.81. The second-order valence-electron chi connectivity index (χ2n) is 5.11. The fraction of sp³-hybridized carbons (Fsp3) is 0.158. The number of amides is 1. The summed E-state index contributed by atoms with van der Waals surface area (Å²) in [6.45, 7) is 0.471. The molecule has 0 atom stereocenters. The van der Waals surface area contributed by atoms with Gasteiger partial charge in [0.05, 0.1) is 7.11 Å². The molecule has 2 aromatic rings. The molecular formula is C19H19NO5. The molecule has 0 unspecified atom stereocenters. The van der Waals surface area contributed by atoms with E-state index in [-0.39, 0.29) is 18.7 Å². The van der Waals surface area contributed by atoms with Crippen molar-refractivity contribution in [2.45, 2.75) is 6.61 Å². The van der Waals surface area contributed by atoms with E-state index in [0.29, 0.717) is 11.3 Å². The maximum absolute atomic E-state index is 11.6. The molecule has 0 saturated carbocycles. The van der Waals surface area contributed by atoms with Gasteiger partial charge in [-0.1, -0.05) is 48.6 Å². The molecule has 0 radical (unpaired) electrons. The molecule has 0 aliphatic heterocycles. The number of hydrogen-bond donors (Lipinski definition) is 2. The van der Waals surface area contributed by atoms with Gasteiger partial charge in [-0.2, -0.15) is 0 Å². The van der Waals surface area contributed by atoms with Crippen LogP contribution >= 0.6 is 0 Å². The molecule has 2 N–H and O–H groups in total. The van der Waals surface area contributed by atoms with Gasteiger partial charge in [0, 0.05) is 6.54 Å². The third kappa shape index (κ3) is 5.69. The first-order valence-electron chi connectivity index (χ1n) is 7.62. The molecule has 2 aromatic carbocycles. The van der Waals surface area contributed by atoms with E-state index in [2.05, 4.69) is 5.32 Å². The zero-order valence-corrected chi connectivity index (χ0v) is 13.8. The van der Waals surface area contributed by atoms with Crippen LogP contribution in [0.1, 0.15) is 21.5 Å². The van der Waals surface area contributed by atoms with E-state index in [1.807, 2.05) is 30.3 Å². The highest BCUT2D eigenvalue weighted by molar-refractivity contribution is 5.91. The summed E-state index contributed by atoms with van der Waals surface area (Å²) in [5, 5.41) is 11.7. The molecule has 0 aromatic heterocycles. The highest BCUT2D eigenvalue weighted by Crippen LogP contribution is 2.20. The van der Waals surface area contributed by atoms with Crippen molar-refractivity contribution < 1.29 is 24.2 Å². The van der Waals surface area contributed by atoms with Crippen LogP contribution < -0.4 is 10.1 Å². The number of carbonyl (C=O) groups is 2. The van der Waals surface area contributed by atoms with Crippen molar-refractivity contribution in [3.05, 3.63) is 71.3 Å². The van der Waals surface area contributed by atoms with Crippen molar-refractivity contribution in [3.63, 3.8) is 0 Å². The molecule has 0 aliphatic rings. The molecule has 25 heavy (non-hydrogen) atoms. The minimum absolute atomic E-state index is 0.0832. The van der Waals surface area contributed by atoms with Gasteiger partial charge >= 0.3 is 12.1 Å². The lowest BCUT2D eigenvalue weighted by Gasteiger charge is -2.06. The van der Waals surface area contributed by atoms with Gasteiger partial charge in [-0.3, -0.25) is 0 Å². The summed E-state index contributed by atoms with van der Waals surface area (Å²) in [4.78, 5) is 22.8. The van der Waals surface area contributed by atoms with Crippen LogP contribution in [0.15, 0.2) is 54.6 Å². The number of benzene rings is 2.